The molecule has 0 fully saturated rings. The highest BCUT2D eigenvalue weighted by Crippen LogP contribution is 2.25. The van der Waals surface area contributed by atoms with Crippen molar-refractivity contribution in [2.75, 3.05) is 6.54 Å². The van der Waals surface area contributed by atoms with Gasteiger partial charge in [-0.05, 0) is 23.6 Å². The summed E-state index contributed by atoms with van der Waals surface area (Å²) in [5, 5.41) is 5.78. The number of carbonyl (C=O) groups is 1. The van der Waals surface area contributed by atoms with Crippen molar-refractivity contribution >= 4 is 33.2 Å². The van der Waals surface area contributed by atoms with E-state index in [9.17, 15) is 13.2 Å². The number of nitrogens with zero attached hydrogens (tertiary/aromatic N) is 2. The molecule has 1 N–H and O–H groups in total. The molecule has 8 nitrogen and oxygen atoms in total. The lowest BCUT2D eigenvalue weighted by molar-refractivity contribution is -0.143. The maximum atomic E-state index is 12.0. The van der Waals surface area contributed by atoms with Gasteiger partial charge in [-0.25, -0.2) is 8.42 Å². The Kier molecular flexibility index (Phi) is 4.50. The second-order valence-corrected chi connectivity index (χ2v) is 8.19. The van der Waals surface area contributed by atoms with Gasteiger partial charge in [-0.3, -0.25) is 14.5 Å². The summed E-state index contributed by atoms with van der Waals surface area (Å²) in [4.78, 5) is 17.0. The molecule has 0 spiro atoms. The van der Waals surface area contributed by atoms with Crippen molar-refractivity contribution in [3.63, 3.8) is 0 Å². The molecule has 1 aromatic carbocycles. The Morgan fingerprint density at radius 1 is 1.26 bits per heavy atom. The van der Waals surface area contributed by atoms with Crippen LogP contribution in [0.1, 0.15) is 11.3 Å². The fourth-order valence-corrected chi connectivity index (χ4v) is 4.43. The smallest absolute Gasteiger partial charge is 0.328 e. The molecule has 138 valence electrons. The summed E-state index contributed by atoms with van der Waals surface area (Å²) >= 11 is 1.51. The van der Waals surface area contributed by atoms with E-state index in [-0.39, 0.29) is 23.9 Å². The average Bonchev–Trinajstić information content (AvgIpc) is 3.38. The first kappa shape index (κ1) is 17.4. The van der Waals surface area contributed by atoms with Gasteiger partial charge >= 0.3 is 5.97 Å². The lowest BCUT2D eigenvalue weighted by Gasteiger charge is -2.01. The lowest BCUT2D eigenvalue weighted by atomic mass is 10.2. The molecular formula is C17H13N3O5S2. The van der Waals surface area contributed by atoms with Crippen LogP contribution in [0.2, 0.25) is 0 Å². The Hall–Kier alpha value is -2.98. The van der Waals surface area contributed by atoms with Gasteiger partial charge in [-0.15, -0.1) is 11.3 Å². The Morgan fingerprint density at radius 2 is 2.11 bits per heavy atom. The highest BCUT2D eigenvalue weighted by molar-refractivity contribution is 7.90. The number of carbonyl (C=O) groups excluding carboxylic acids is 1. The van der Waals surface area contributed by atoms with E-state index in [4.69, 9.17) is 9.26 Å². The first-order valence-corrected chi connectivity index (χ1v) is 10.2. The van der Waals surface area contributed by atoms with E-state index < -0.39 is 16.0 Å². The Labute approximate surface area is 158 Å². The van der Waals surface area contributed by atoms with Gasteiger partial charge in [0.05, 0.1) is 9.77 Å². The zero-order valence-corrected chi connectivity index (χ0v) is 15.4. The molecule has 3 heterocycles. The van der Waals surface area contributed by atoms with Gasteiger partial charge in [0.15, 0.2) is 5.76 Å². The second-order valence-electron chi connectivity index (χ2n) is 5.59. The van der Waals surface area contributed by atoms with E-state index in [0.29, 0.717) is 17.0 Å². The molecule has 2 aromatic heterocycles. The van der Waals surface area contributed by atoms with E-state index in [2.05, 4.69) is 14.9 Å². The standard InChI is InChI=1S/C17H13N3O5S2/c21-16(24-10-11-8-13(25-19-11)14-5-3-7-26-14)9-18-17-12-4-1-2-6-15(12)27(22,23)20-17/h1-8H,9-10H2,(H,18,20). The molecule has 0 saturated heterocycles. The predicted octanol–water partition coefficient (Wildman–Crippen LogP) is 2.18. The number of aromatic nitrogens is 1. The van der Waals surface area contributed by atoms with Gasteiger partial charge in [0.1, 0.15) is 24.7 Å². The summed E-state index contributed by atoms with van der Waals surface area (Å²) in [5.41, 5.74) is 0.911. The fraction of sp³-hybridized carbons (Fsp3) is 0.118. The number of fused-ring (bicyclic) bond motifs is 1. The molecule has 0 radical (unpaired) electrons. The predicted molar refractivity (Wildman–Crippen MR) is 97.8 cm³/mol. The van der Waals surface area contributed by atoms with Crippen LogP contribution in [0.4, 0.5) is 0 Å². The Balaban J connectivity index is 1.37. The minimum atomic E-state index is -3.63. The molecule has 0 aliphatic carbocycles. The van der Waals surface area contributed by atoms with Crippen molar-refractivity contribution in [3.05, 3.63) is 59.1 Å². The highest BCUT2D eigenvalue weighted by atomic mass is 32.2. The molecule has 0 unspecified atom stereocenters. The molecule has 10 heteroatoms. The Bertz CT molecular complexity index is 1120. The van der Waals surface area contributed by atoms with Crippen LogP contribution in [0.15, 0.2) is 62.3 Å². The van der Waals surface area contributed by atoms with Gasteiger partial charge in [-0.2, -0.15) is 0 Å². The van der Waals surface area contributed by atoms with Crippen molar-refractivity contribution in [2.45, 2.75) is 11.5 Å². The van der Waals surface area contributed by atoms with Crippen LogP contribution in [0.25, 0.3) is 10.6 Å². The van der Waals surface area contributed by atoms with Crippen molar-refractivity contribution < 1.29 is 22.5 Å². The number of amidine groups is 1. The number of hydrogen-bond acceptors (Lipinski definition) is 8. The zero-order chi connectivity index (χ0) is 18.9. The molecule has 4 rings (SSSR count). The molecule has 27 heavy (non-hydrogen) atoms. The van der Waals surface area contributed by atoms with E-state index in [0.717, 1.165) is 4.88 Å². The second kappa shape index (κ2) is 6.97. The topological polar surface area (TPSA) is 111 Å². The first-order chi connectivity index (χ1) is 13.0. The number of ether oxygens (including phenoxy) is 1. The van der Waals surface area contributed by atoms with Crippen LogP contribution in [0, 0.1) is 0 Å². The van der Waals surface area contributed by atoms with Gasteiger partial charge in [0.25, 0.3) is 10.0 Å². The summed E-state index contributed by atoms with van der Waals surface area (Å²) in [5.74, 6) is 0.129. The maximum absolute atomic E-state index is 12.0. The van der Waals surface area contributed by atoms with Crippen LogP contribution in [-0.2, 0) is 26.2 Å². The highest BCUT2D eigenvalue weighted by Gasteiger charge is 2.30. The minimum Gasteiger partial charge on any atom is -0.458 e. The molecule has 1 aliphatic heterocycles. The monoisotopic (exact) mass is 403 g/mol. The van der Waals surface area contributed by atoms with Crippen LogP contribution in [-0.4, -0.2) is 31.9 Å². The normalized spacial score (nSPS) is 16.1. The fourth-order valence-electron chi connectivity index (χ4n) is 2.51. The van der Waals surface area contributed by atoms with Gasteiger partial charge in [0.2, 0.25) is 0 Å². The maximum Gasteiger partial charge on any atom is 0.328 e. The third kappa shape index (κ3) is 3.62. The van der Waals surface area contributed by atoms with Gasteiger partial charge in [-0.1, -0.05) is 23.4 Å². The summed E-state index contributed by atoms with van der Waals surface area (Å²) in [7, 11) is -3.63. The van der Waals surface area contributed by atoms with Crippen LogP contribution >= 0.6 is 11.3 Å². The van der Waals surface area contributed by atoms with E-state index in [1.54, 1.807) is 24.3 Å². The van der Waals surface area contributed by atoms with Gasteiger partial charge in [0, 0.05) is 11.6 Å². The van der Waals surface area contributed by atoms with Crippen LogP contribution in [0.5, 0.6) is 0 Å². The number of aliphatic imine (C=N–C) groups is 1. The van der Waals surface area contributed by atoms with Crippen LogP contribution < -0.4 is 4.72 Å². The van der Waals surface area contributed by atoms with Crippen molar-refractivity contribution in [2.24, 2.45) is 4.99 Å². The molecule has 0 atom stereocenters. The zero-order valence-electron chi connectivity index (χ0n) is 13.8. The average molecular weight is 403 g/mol. The molecular weight excluding hydrogens is 390 g/mol. The summed E-state index contributed by atoms with van der Waals surface area (Å²) in [6.45, 7) is -0.372. The SMILES string of the molecule is O=C(CN=C1NS(=O)(=O)c2ccccc21)OCc1cc(-c2cccs2)on1. The number of sulfonamides is 1. The molecule has 0 saturated carbocycles. The van der Waals surface area contributed by atoms with Crippen LogP contribution in [0.3, 0.4) is 0 Å². The number of hydrogen-bond donors (Lipinski definition) is 1. The first-order valence-electron chi connectivity index (χ1n) is 7.85. The molecule has 1 aliphatic rings. The quantitative estimate of drug-likeness (QED) is 0.654. The molecule has 0 bridgehead atoms. The molecule has 3 aromatic rings. The van der Waals surface area contributed by atoms with Gasteiger partial charge < -0.3 is 9.26 Å². The summed E-state index contributed by atoms with van der Waals surface area (Å²) in [6, 6.07) is 11.9. The van der Waals surface area contributed by atoms with E-state index in [1.165, 1.54) is 17.4 Å². The van der Waals surface area contributed by atoms with Crippen molar-refractivity contribution in [3.8, 4) is 10.6 Å². The molecule has 0 amide bonds. The number of thiophene rings is 1. The van der Waals surface area contributed by atoms with E-state index in [1.807, 2.05) is 17.5 Å². The third-order valence-corrected chi connectivity index (χ3v) is 6.01. The third-order valence-electron chi connectivity index (χ3n) is 3.73. The number of nitrogens with one attached hydrogen (secondary N) is 1. The largest absolute Gasteiger partial charge is 0.458 e. The number of esters is 1. The van der Waals surface area contributed by atoms with Crippen molar-refractivity contribution in [1.82, 2.24) is 9.88 Å². The summed E-state index contributed by atoms with van der Waals surface area (Å²) in [6.07, 6.45) is 0. The number of benzene rings is 1. The van der Waals surface area contributed by atoms with Crippen molar-refractivity contribution in [1.29, 1.82) is 0 Å². The minimum absolute atomic E-state index is 0.0547. The number of rotatable bonds is 5. The summed E-state index contributed by atoms with van der Waals surface area (Å²) < 4.78 is 36.6. The lowest BCUT2D eigenvalue weighted by Crippen LogP contribution is -2.23. The Morgan fingerprint density at radius 3 is 2.93 bits per heavy atom. The van der Waals surface area contributed by atoms with E-state index >= 15 is 0 Å².